The molecule has 0 unspecified atom stereocenters. The van der Waals surface area contributed by atoms with Crippen molar-refractivity contribution in [2.24, 2.45) is 0 Å². The van der Waals surface area contributed by atoms with Gasteiger partial charge in [-0.25, -0.2) is 18.0 Å². The summed E-state index contributed by atoms with van der Waals surface area (Å²) < 4.78 is 37.8. The van der Waals surface area contributed by atoms with E-state index in [1.54, 1.807) is 0 Å². The maximum Gasteiger partial charge on any atom is 0.338 e. The maximum absolute atomic E-state index is 12.3. The number of ether oxygens (including phenoxy) is 3. The van der Waals surface area contributed by atoms with Crippen molar-refractivity contribution < 1.29 is 37.0 Å². The lowest BCUT2D eigenvalue weighted by atomic mass is 10.1. The van der Waals surface area contributed by atoms with Gasteiger partial charge in [0, 0.05) is 6.04 Å². The lowest BCUT2D eigenvalue weighted by Crippen LogP contribution is -2.43. The number of amides is 1. The fourth-order valence-electron chi connectivity index (χ4n) is 2.62. The predicted molar refractivity (Wildman–Crippen MR) is 94.4 cm³/mol. The Balaban J connectivity index is 2.13. The third kappa shape index (κ3) is 5.43. The molecule has 1 fully saturated rings. The lowest BCUT2D eigenvalue weighted by molar-refractivity contribution is -0.127. The second-order valence-electron chi connectivity index (χ2n) is 6.10. The number of carbonyl (C=O) groups is 3. The average molecular weight is 399 g/mol. The van der Waals surface area contributed by atoms with Gasteiger partial charge in [0.1, 0.15) is 5.75 Å². The van der Waals surface area contributed by atoms with Crippen LogP contribution in [0.15, 0.2) is 18.2 Å². The highest BCUT2D eigenvalue weighted by Gasteiger charge is 2.30. The van der Waals surface area contributed by atoms with Gasteiger partial charge in [0.25, 0.3) is 5.91 Å². The van der Waals surface area contributed by atoms with Crippen LogP contribution in [0.2, 0.25) is 0 Å². The van der Waals surface area contributed by atoms with Crippen molar-refractivity contribution >= 4 is 27.7 Å². The van der Waals surface area contributed by atoms with Gasteiger partial charge in [-0.05, 0) is 31.5 Å². The van der Waals surface area contributed by atoms with Gasteiger partial charge in [0.2, 0.25) is 0 Å². The van der Waals surface area contributed by atoms with Crippen LogP contribution in [-0.4, -0.2) is 64.1 Å². The van der Waals surface area contributed by atoms with Gasteiger partial charge in [0.05, 0.1) is 36.9 Å². The van der Waals surface area contributed by atoms with Gasteiger partial charge in [-0.1, -0.05) is 0 Å². The van der Waals surface area contributed by atoms with Crippen LogP contribution in [0.4, 0.5) is 0 Å². The number of hydrogen-bond donors (Lipinski definition) is 1. The molecule has 148 valence electrons. The van der Waals surface area contributed by atoms with E-state index in [-0.39, 0.29) is 28.4 Å². The van der Waals surface area contributed by atoms with Gasteiger partial charge in [-0.2, -0.15) is 0 Å². The van der Waals surface area contributed by atoms with Crippen LogP contribution >= 0.6 is 0 Å². The number of sulfone groups is 1. The first-order valence-corrected chi connectivity index (χ1v) is 9.96. The lowest BCUT2D eigenvalue weighted by Gasteiger charge is -2.18. The molecular weight excluding hydrogens is 378 g/mol. The molecule has 2 atom stereocenters. The van der Waals surface area contributed by atoms with Crippen LogP contribution in [0.1, 0.15) is 34.1 Å². The molecule has 9 nitrogen and oxygen atoms in total. The molecule has 1 aliphatic heterocycles. The van der Waals surface area contributed by atoms with Crippen LogP contribution in [0.3, 0.4) is 0 Å². The van der Waals surface area contributed by atoms with Gasteiger partial charge in [0.15, 0.2) is 15.9 Å². The van der Waals surface area contributed by atoms with E-state index in [1.807, 2.05) is 0 Å². The summed E-state index contributed by atoms with van der Waals surface area (Å²) in [5.41, 5.74) is 0.120. The standard InChI is InChI=1S/C17H21NO8S/c1-10(15(19)18-13-4-5-27(22,23)9-13)26-14-7-11(16(20)24-2)6-12(8-14)17(21)25-3/h6-8,10,13H,4-5,9H2,1-3H3,(H,18,19)/t10-,13+/m0/s1. The van der Waals surface area contributed by atoms with Crippen LogP contribution in [0, 0.1) is 0 Å². The first kappa shape index (κ1) is 20.7. The smallest absolute Gasteiger partial charge is 0.338 e. The van der Waals surface area contributed by atoms with E-state index < -0.39 is 39.8 Å². The summed E-state index contributed by atoms with van der Waals surface area (Å²) in [6.07, 6.45) is -0.628. The van der Waals surface area contributed by atoms with Gasteiger partial charge >= 0.3 is 11.9 Å². The summed E-state index contributed by atoms with van der Waals surface area (Å²) in [6.45, 7) is 1.47. The third-order valence-corrected chi connectivity index (χ3v) is 5.78. The Morgan fingerprint density at radius 2 is 1.63 bits per heavy atom. The fourth-order valence-corrected chi connectivity index (χ4v) is 4.30. The van der Waals surface area contributed by atoms with E-state index in [1.165, 1.54) is 39.3 Å². The molecular formula is C17H21NO8S. The quantitative estimate of drug-likeness (QED) is 0.679. The number of nitrogens with one attached hydrogen (secondary N) is 1. The molecule has 1 aromatic carbocycles. The molecule has 0 saturated carbocycles. The van der Waals surface area contributed by atoms with Crippen LogP contribution in [0.5, 0.6) is 5.75 Å². The molecule has 2 rings (SSSR count). The minimum atomic E-state index is -3.12. The van der Waals surface area contributed by atoms with E-state index in [2.05, 4.69) is 14.8 Å². The Kier molecular flexibility index (Phi) is 6.42. The minimum absolute atomic E-state index is 0.0385. The Bertz CT molecular complexity index is 814. The van der Waals surface area contributed by atoms with Crippen LogP contribution in [-0.2, 0) is 24.1 Å². The largest absolute Gasteiger partial charge is 0.481 e. The second kappa shape index (κ2) is 8.38. The molecule has 0 aromatic heterocycles. The number of esters is 2. The molecule has 1 N–H and O–H groups in total. The number of hydrogen-bond acceptors (Lipinski definition) is 8. The Morgan fingerprint density at radius 3 is 2.07 bits per heavy atom. The normalized spacial score (nSPS) is 19.0. The zero-order valence-electron chi connectivity index (χ0n) is 15.2. The van der Waals surface area contributed by atoms with Crippen LogP contribution < -0.4 is 10.1 Å². The minimum Gasteiger partial charge on any atom is -0.481 e. The van der Waals surface area contributed by atoms with Gasteiger partial charge in [-0.15, -0.1) is 0 Å². The molecule has 0 spiro atoms. The highest BCUT2D eigenvalue weighted by Crippen LogP contribution is 2.20. The molecule has 1 aromatic rings. The van der Waals surface area contributed by atoms with Crippen LogP contribution in [0.25, 0.3) is 0 Å². The molecule has 1 amide bonds. The molecule has 1 heterocycles. The Hall–Kier alpha value is -2.62. The first-order valence-electron chi connectivity index (χ1n) is 8.14. The molecule has 0 bridgehead atoms. The summed E-state index contributed by atoms with van der Waals surface area (Å²) in [5.74, 6) is -1.83. The van der Waals surface area contributed by atoms with Crippen molar-refractivity contribution in [2.75, 3.05) is 25.7 Å². The van der Waals surface area contributed by atoms with Crippen molar-refractivity contribution in [3.05, 3.63) is 29.3 Å². The monoisotopic (exact) mass is 399 g/mol. The SMILES string of the molecule is COC(=O)c1cc(O[C@@H](C)C(=O)N[C@@H]2CCS(=O)(=O)C2)cc(C(=O)OC)c1. The average Bonchev–Trinajstić information content (AvgIpc) is 2.98. The van der Waals surface area contributed by atoms with Crippen molar-refractivity contribution in [3.8, 4) is 5.75 Å². The maximum atomic E-state index is 12.3. The Labute approximate surface area is 156 Å². The van der Waals surface area contributed by atoms with E-state index in [0.717, 1.165) is 0 Å². The summed E-state index contributed by atoms with van der Waals surface area (Å²) in [5, 5.41) is 2.63. The second-order valence-corrected chi connectivity index (χ2v) is 8.33. The van der Waals surface area contributed by atoms with Gasteiger partial charge < -0.3 is 19.5 Å². The molecule has 1 aliphatic rings. The third-order valence-electron chi connectivity index (χ3n) is 4.01. The molecule has 1 saturated heterocycles. The number of benzene rings is 1. The molecule has 0 aliphatic carbocycles. The van der Waals surface area contributed by atoms with Crippen molar-refractivity contribution in [1.29, 1.82) is 0 Å². The van der Waals surface area contributed by atoms with E-state index >= 15 is 0 Å². The predicted octanol–water partition coefficient (Wildman–Crippen LogP) is 0.330. The zero-order valence-corrected chi connectivity index (χ0v) is 16.0. The summed E-state index contributed by atoms with van der Waals surface area (Å²) >= 11 is 0. The van der Waals surface area contributed by atoms with Crippen molar-refractivity contribution in [1.82, 2.24) is 5.32 Å². The van der Waals surface area contributed by atoms with Crippen molar-refractivity contribution in [3.63, 3.8) is 0 Å². The summed E-state index contributed by atoms with van der Waals surface area (Å²) in [7, 11) is -0.732. The zero-order chi connectivity index (χ0) is 20.2. The highest BCUT2D eigenvalue weighted by molar-refractivity contribution is 7.91. The summed E-state index contributed by atoms with van der Waals surface area (Å²) in [4.78, 5) is 35.8. The van der Waals surface area contributed by atoms with E-state index in [9.17, 15) is 22.8 Å². The fraction of sp³-hybridized carbons (Fsp3) is 0.471. The number of rotatable bonds is 6. The van der Waals surface area contributed by atoms with E-state index in [0.29, 0.717) is 6.42 Å². The molecule has 0 radical (unpaired) electrons. The topological polar surface area (TPSA) is 125 Å². The number of carbonyl (C=O) groups excluding carboxylic acids is 3. The van der Waals surface area contributed by atoms with E-state index in [4.69, 9.17) is 4.74 Å². The first-order chi connectivity index (χ1) is 12.6. The highest BCUT2D eigenvalue weighted by atomic mass is 32.2. The Morgan fingerprint density at radius 1 is 1.07 bits per heavy atom. The van der Waals surface area contributed by atoms with Crippen molar-refractivity contribution in [2.45, 2.75) is 25.5 Å². The summed E-state index contributed by atoms with van der Waals surface area (Å²) in [6, 6.07) is 3.50. The van der Waals surface area contributed by atoms with Gasteiger partial charge in [-0.3, -0.25) is 4.79 Å². The molecule has 27 heavy (non-hydrogen) atoms. The number of methoxy groups -OCH3 is 2. The molecule has 10 heteroatoms.